The fourth-order valence-corrected chi connectivity index (χ4v) is 4.87. The van der Waals surface area contributed by atoms with Crippen LogP contribution in [0.3, 0.4) is 0 Å². The quantitative estimate of drug-likeness (QED) is 0.236. The highest BCUT2D eigenvalue weighted by atomic mass is 32.2. The first-order valence-electron chi connectivity index (χ1n) is 9.88. The third-order valence-corrected chi connectivity index (χ3v) is 7.47. The summed E-state index contributed by atoms with van der Waals surface area (Å²) in [6.07, 6.45) is -1.35. The lowest BCUT2D eigenvalue weighted by atomic mass is 10.1. The van der Waals surface area contributed by atoms with E-state index in [2.05, 4.69) is 0 Å². The molecule has 0 aliphatic carbocycles. The number of alkyl halides is 2. The molecular weight excluding hydrogens is 520 g/mol. The number of anilines is 2. The lowest BCUT2D eigenvalue weighted by molar-refractivity contribution is 0.0697. The third-order valence-electron chi connectivity index (χ3n) is 4.86. The number of nitrogens with zero attached hydrogens (tertiary/aromatic N) is 1. The number of nitrogen functional groups attached to an aromatic ring is 1. The van der Waals surface area contributed by atoms with Gasteiger partial charge in [0.05, 0.1) is 23.7 Å². The molecule has 0 aliphatic rings. The molecule has 15 heteroatoms. The van der Waals surface area contributed by atoms with Crippen LogP contribution in [-0.2, 0) is 21.1 Å². The molecule has 0 saturated heterocycles. The van der Waals surface area contributed by atoms with Crippen LogP contribution in [0, 0.1) is 18.6 Å². The molecule has 194 valence electrons. The second-order valence-electron chi connectivity index (χ2n) is 7.20. The minimum absolute atomic E-state index is 0.0651. The van der Waals surface area contributed by atoms with Crippen molar-refractivity contribution in [1.29, 1.82) is 0 Å². The predicted octanol–water partition coefficient (Wildman–Crippen LogP) is 3.41. The van der Waals surface area contributed by atoms with Crippen LogP contribution < -0.4 is 14.8 Å². The van der Waals surface area contributed by atoms with Gasteiger partial charge in [0, 0.05) is 35.5 Å². The maximum Gasteiger partial charge on any atom is 0.338 e. The van der Waals surface area contributed by atoms with Gasteiger partial charge in [-0.15, -0.1) is 0 Å². The van der Waals surface area contributed by atoms with Gasteiger partial charge in [-0.05, 0) is 37.6 Å². The van der Waals surface area contributed by atoms with Crippen LogP contribution in [0.5, 0.6) is 11.5 Å². The van der Waals surface area contributed by atoms with Crippen LogP contribution in [0.2, 0.25) is 0 Å². The summed E-state index contributed by atoms with van der Waals surface area (Å²) in [5.74, 6) is -6.40. The van der Waals surface area contributed by atoms with E-state index in [-0.39, 0.29) is 26.9 Å². The number of carboxylic acids is 1. The van der Waals surface area contributed by atoms with Crippen molar-refractivity contribution in [2.75, 3.05) is 29.0 Å². The average molecular weight is 542 g/mol. The Balaban J connectivity index is 2.39. The second-order valence-corrected chi connectivity index (χ2v) is 10.3. The van der Waals surface area contributed by atoms with E-state index >= 15 is 4.39 Å². The zero-order chi connectivity index (χ0) is 26.5. The Kier molecular flexibility index (Phi) is 9.45. The second kappa shape index (κ2) is 11.7. The van der Waals surface area contributed by atoms with Crippen LogP contribution >= 0.6 is 0 Å². The van der Waals surface area contributed by atoms with Gasteiger partial charge in [0.2, 0.25) is 11.3 Å². The molecule has 0 saturated carbocycles. The van der Waals surface area contributed by atoms with Crippen LogP contribution in [0.25, 0.3) is 0 Å². The maximum atomic E-state index is 15.1. The number of rotatable bonds is 12. The van der Waals surface area contributed by atoms with Crippen molar-refractivity contribution < 1.29 is 49.4 Å². The van der Waals surface area contributed by atoms with Crippen molar-refractivity contribution in [3.63, 3.8) is 0 Å². The monoisotopic (exact) mass is 541 g/mol. The van der Waals surface area contributed by atoms with E-state index < -0.39 is 87.5 Å². The number of ether oxygens (including phenoxy) is 1. The molecule has 3 N–H and O–H groups in total. The molecule has 0 bridgehead atoms. The number of halogens is 4. The van der Waals surface area contributed by atoms with Gasteiger partial charge >= 0.3 is 5.97 Å². The van der Waals surface area contributed by atoms with Crippen LogP contribution in [-0.4, -0.2) is 52.7 Å². The van der Waals surface area contributed by atoms with Crippen LogP contribution in [0.1, 0.15) is 28.8 Å². The molecular formula is C20H21F4N2O7S2-. The summed E-state index contributed by atoms with van der Waals surface area (Å²) in [5, 5.41) is 9.28. The zero-order valence-electron chi connectivity index (χ0n) is 18.2. The van der Waals surface area contributed by atoms with Gasteiger partial charge in [-0.1, -0.05) is 0 Å². The summed E-state index contributed by atoms with van der Waals surface area (Å²) >= 11 is -3.24. The average Bonchev–Trinajstić information content (AvgIpc) is 2.77. The van der Waals surface area contributed by atoms with Gasteiger partial charge in [-0.2, -0.15) is 0 Å². The molecule has 2 atom stereocenters. The number of benzene rings is 2. The standard InChI is InChI=1S/C20H22F4N2O7S2/c1-11-15(6-4-13(25)17(11)20(27)28)33-19-12(22)3-5-14(18(19)24)26(34(29)30)9-7-16(23)35(31,32)10-2-8-21/h3-6,16H,2,7-10,25H2,1H3,(H,27,28)(H,29,30)/p-1. The Bertz CT molecular complexity index is 1230. The molecule has 9 nitrogen and oxygen atoms in total. The Morgan fingerprint density at radius 1 is 1.29 bits per heavy atom. The molecule has 0 amide bonds. The van der Waals surface area contributed by atoms with Crippen molar-refractivity contribution >= 4 is 38.4 Å². The Morgan fingerprint density at radius 3 is 2.51 bits per heavy atom. The molecule has 0 fully saturated rings. The highest BCUT2D eigenvalue weighted by Crippen LogP contribution is 2.37. The summed E-state index contributed by atoms with van der Waals surface area (Å²) in [4.78, 5) is 11.4. The van der Waals surface area contributed by atoms with E-state index in [0.717, 1.165) is 18.2 Å². The van der Waals surface area contributed by atoms with Crippen LogP contribution in [0.15, 0.2) is 24.3 Å². The summed E-state index contributed by atoms with van der Waals surface area (Å²) < 4.78 is 108. The van der Waals surface area contributed by atoms with Crippen LogP contribution in [0.4, 0.5) is 28.9 Å². The van der Waals surface area contributed by atoms with Gasteiger partial charge in [0.25, 0.3) is 0 Å². The summed E-state index contributed by atoms with van der Waals surface area (Å²) in [6, 6.07) is 3.66. The maximum absolute atomic E-state index is 15.1. The number of carboxylic acid groups (broad SMARTS) is 1. The van der Waals surface area contributed by atoms with Gasteiger partial charge < -0.3 is 20.1 Å². The molecule has 2 aromatic rings. The highest BCUT2D eigenvalue weighted by molar-refractivity contribution is 7.91. The smallest absolute Gasteiger partial charge is 0.338 e. The van der Waals surface area contributed by atoms with Gasteiger partial charge in [-0.3, -0.25) is 12.9 Å². The summed E-state index contributed by atoms with van der Waals surface area (Å²) in [6.45, 7) is -0.565. The Hall–Kier alpha value is -2.91. The third kappa shape index (κ3) is 6.61. The lowest BCUT2D eigenvalue weighted by Gasteiger charge is -2.28. The molecule has 0 radical (unpaired) electrons. The number of carbonyl (C=O) groups is 1. The fraction of sp³-hybridized carbons (Fsp3) is 0.350. The minimum Gasteiger partial charge on any atom is -0.755 e. The van der Waals surface area contributed by atoms with Crippen molar-refractivity contribution in [2.24, 2.45) is 0 Å². The van der Waals surface area contributed by atoms with E-state index in [9.17, 15) is 40.3 Å². The van der Waals surface area contributed by atoms with Gasteiger partial charge in [0.15, 0.2) is 21.5 Å². The Labute approximate surface area is 200 Å². The Morgan fingerprint density at radius 2 is 1.94 bits per heavy atom. The summed E-state index contributed by atoms with van der Waals surface area (Å²) in [5.41, 5.74) is 1.70. The first-order chi connectivity index (χ1) is 16.3. The number of sulfone groups is 1. The number of hydrogen-bond acceptors (Lipinski definition) is 7. The van der Waals surface area contributed by atoms with Gasteiger partial charge in [0.1, 0.15) is 5.75 Å². The molecule has 2 rings (SSSR count). The van der Waals surface area contributed by atoms with E-state index in [1.807, 2.05) is 0 Å². The normalized spacial score (nSPS) is 13.3. The fourth-order valence-electron chi connectivity index (χ4n) is 3.08. The minimum atomic E-state index is -4.38. The number of hydrogen-bond donors (Lipinski definition) is 2. The number of aromatic carboxylic acids is 1. The topological polar surface area (TPSA) is 150 Å². The molecule has 0 aliphatic heterocycles. The zero-order valence-corrected chi connectivity index (χ0v) is 19.8. The number of nitrogens with two attached hydrogens (primary N) is 1. The largest absolute Gasteiger partial charge is 0.755 e. The highest BCUT2D eigenvalue weighted by Gasteiger charge is 2.28. The van der Waals surface area contributed by atoms with E-state index in [1.54, 1.807) is 0 Å². The first-order valence-corrected chi connectivity index (χ1v) is 12.6. The van der Waals surface area contributed by atoms with Crippen molar-refractivity contribution in [3.05, 3.63) is 47.0 Å². The van der Waals surface area contributed by atoms with E-state index in [0.29, 0.717) is 6.07 Å². The molecule has 0 aromatic heterocycles. The van der Waals surface area contributed by atoms with Crippen molar-refractivity contribution in [3.8, 4) is 11.5 Å². The molecule has 2 unspecified atom stereocenters. The van der Waals surface area contributed by atoms with Crippen molar-refractivity contribution in [2.45, 2.75) is 25.3 Å². The van der Waals surface area contributed by atoms with E-state index in [1.165, 1.54) is 6.92 Å². The lowest BCUT2D eigenvalue weighted by Crippen LogP contribution is -2.31. The van der Waals surface area contributed by atoms with Crippen molar-refractivity contribution in [1.82, 2.24) is 0 Å². The molecule has 35 heavy (non-hydrogen) atoms. The molecule has 0 heterocycles. The van der Waals surface area contributed by atoms with E-state index in [4.69, 9.17) is 10.5 Å². The summed E-state index contributed by atoms with van der Waals surface area (Å²) in [7, 11) is -4.38. The SMILES string of the molecule is Cc1c(Oc2c(F)ccc(N(CCC(F)S(=O)(=O)CCCF)S(=O)[O-])c2F)ccc(N)c1C(=O)O. The first kappa shape index (κ1) is 28.3. The molecule has 0 spiro atoms. The molecule has 2 aromatic carbocycles. The van der Waals surface area contributed by atoms with Gasteiger partial charge in [-0.25, -0.2) is 26.4 Å². The predicted molar refractivity (Wildman–Crippen MR) is 119 cm³/mol.